The number of nitrogens with zero attached hydrogens (tertiary/aromatic N) is 3. The molecular formula is C23H24BrClF3N3O. The van der Waals surface area contributed by atoms with Crippen molar-refractivity contribution in [2.45, 2.75) is 58.4 Å². The monoisotopic (exact) mass is 529 g/mol. The molecule has 172 valence electrons. The van der Waals surface area contributed by atoms with E-state index in [1.807, 2.05) is 11.0 Å². The molecule has 0 spiro atoms. The van der Waals surface area contributed by atoms with Crippen molar-refractivity contribution in [2.75, 3.05) is 11.4 Å². The Morgan fingerprint density at radius 1 is 1.12 bits per heavy atom. The molecule has 2 heterocycles. The SMILES string of the molecule is CCC(CC)c1ccc(Cl)c2nc3n(c12)CCCCN3c1ccc(OC(F)(F)F)cc1Br. The van der Waals surface area contributed by atoms with Crippen LogP contribution in [0.25, 0.3) is 11.0 Å². The van der Waals surface area contributed by atoms with Crippen LogP contribution >= 0.6 is 27.5 Å². The number of anilines is 2. The Kier molecular flexibility index (Phi) is 6.63. The Morgan fingerprint density at radius 3 is 2.50 bits per heavy atom. The van der Waals surface area contributed by atoms with Crippen molar-refractivity contribution in [3.05, 3.63) is 45.4 Å². The highest BCUT2D eigenvalue weighted by molar-refractivity contribution is 9.10. The van der Waals surface area contributed by atoms with Crippen molar-refractivity contribution in [2.24, 2.45) is 0 Å². The summed E-state index contributed by atoms with van der Waals surface area (Å²) in [6.45, 7) is 5.87. The number of rotatable bonds is 5. The molecule has 0 radical (unpaired) electrons. The number of fused-ring (bicyclic) bond motifs is 3. The van der Waals surface area contributed by atoms with Crippen molar-refractivity contribution in [3.63, 3.8) is 0 Å². The number of alkyl halides is 3. The van der Waals surface area contributed by atoms with Gasteiger partial charge in [0.15, 0.2) is 0 Å². The van der Waals surface area contributed by atoms with E-state index in [-0.39, 0.29) is 5.75 Å². The van der Waals surface area contributed by atoms with E-state index in [0.717, 1.165) is 54.9 Å². The van der Waals surface area contributed by atoms with E-state index in [9.17, 15) is 13.2 Å². The lowest BCUT2D eigenvalue weighted by Gasteiger charge is -2.24. The van der Waals surface area contributed by atoms with Crippen LogP contribution in [0, 0.1) is 0 Å². The molecule has 4 nitrogen and oxygen atoms in total. The molecule has 0 amide bonds. The number of benzene rings is 2. The van der Waals surface area contributed by atoms with Crippen molar-refractivity contribution < 1.29 is 17.9 Å². The summed E-state index contributed by atoms with van der Waals surface area (Å²) in [5.74, 6) is 0.885. The number of ether oxygens (including phenoxy) is 1. The summed E-state index contributed by atoms with van der Waals surface area (Å²) in [6.07, 6.45) is -0.803. The van der Waals surface area contributed by atoms with Crippen LogP contribution in [0.4, 0.5) is 24.8 Å². The second-order valence-electron chi connectivity index (χ2n) is 7.93. The lowest BCUT2D eigenvalue weighted by Crippen LogP contribution is -2.21. The minimum absolute atomic E-state index is 0.268. The number of imidazole rings is 1. The van der Waals surface area contributed by atoms with Crippen LogP contribution < -0.4 is 9.64 Å². The van der Waals surface area contributed by atoms with Gasteiger partial charge in [0.25, 0.3) is 0 Å². The molecule has 0 aliphatic carbocycles. The van der Waals surface area contributed by atoms with E-state index in [1.54, 1.807) is 6.07 Å². The molecule has 9 heteroatoms. The number of hydrogen-bond donors (Lipinski definition) is 0. The molecule has 32 heavy (non-hydrogen) atoms. The predicted molar refractivity (Wildman–Crippen MR) is 125 cm³/mol. The van der Waals surface area contributed by atoms with E-state index in [4.69, 9.17) is 16.6 Å². The number of halogens is 5. The summed E-state index contributed by atoms with van der Waals surface area (Å²) < 4.78 is 44.7. The molecule has 4 rings (SSSR count). The van der Waals surface area contributed by atoms with Gasteiger partial charge in [0.05, 0.1) is 16.2 Å². The summed E-state index contributed by atoms with van der Waals surface area (Å²) in [6, 6.07) is 8.31. The van der Waals surface area contributed by atoms with Crippen LogP contribution in [-0.2, 0) is 6.54 Å². The standard InChI is InChI=1S/C23H24BrClF3N3O/c1-3-14(4-2)16-8-9-18(25)20-21(16)31-12-6-5-11-30(22(31)29-20)19-10-7-15(13-17(19)24)32-23(26,27)28/h7-10,13-14H,3-6,11-12H2,1-2H3. The quantitative estimate of drug-likeness (QED) is 0.333. The van der Waals surface area contributed by atoms with Gasteiger partial charge in [0.2, 0.25) is 5.95 Å². The molecule has 3 aromatic rings. The van der Waals surface area contributed by atoms with Gasteiger partial charge in [-0.1, -0.05) is 31.5 Å². The third kappa shape index (κ3) is 4.44. The van der Waals surface area contributed by atoms with Gasteiger partial charge in [-0.3, -0.25) is 0 Å². The van der Waals surface area contributed by atoms with Gasteiger partial charge >= 0.3 is 6.36 Å². The molecule has 2 aromatic carbocycles. The molecule has 1 aliphatic rings. The molecule has 0 N–H and O–H groups in total. The third-order valence-corrected chi connectivity index (χ3v) is 6.92. The second-order valence-corrected chi connectivity index (χ2v) is 9.19. The van der Waals surface area contributed by atoms with Gasteiger partial charge in [-0.15, -0.1) is 13.2 Å². The highest BCUT2D eigenvalue weighted by Gasteiger charge is 2.32. The lowest BCUT2D eigenvalue weighted by molar-refractivity contribution is -0.274. The highest BCUT2D eigenvalue weighted by atomic mass is 79.9. The molecule has 0 saturated heterocycles. The van der Waals surface area contributed by atoms with E-state index >= 15 is 0 Å². The Labute approximate surface area is 198 Å². The average Bonchev–Trinajstić information content (AvgIpc) is 2.98. The number of aryl methyl sites for hydroxylation is 1. The minimum atomic E-state index is -4.74. The van der Waals surface area contributed by atoms with E-state index in [2.05, 4.69) is 45.1 Å². The third-order valence-electron chi connectivity index (χ3n) is 5.98. The maximum atomic E-state index is 12.6. The zero-order chi connectivity index (χ0) is 23.0. The largest absolute Gasteiger partial charge is 0.573 e. The van der Waals surface area contributed by atoms with Crippen molar-refractivity contribution >= 4 is 50.2 Å². The van der Waals surface area contributed by atoms with E-state index < -0.39 is 6.36 Å². The molecule has 0 unspecified atom stereocenters. The molecule has 0 saturated carbocycles. The zero-order valence-electron chi connectivity index (χ0n) is 17.8. The first-order valence-electron chi connectivity index (χ1n) is 10.7. The summed E-state index contributed by atoms with van der Waals surface area (Å²) in [5, 5.41) is 0.600. The molecular weight excluding hydrogens is 507 g/mol. The van der Waals surface area contributed by atoms with Crippen LogP contribution in [0.1, 0.15) is 51.0 Å². The topological polar surface area (TPSA) is 30.3 Å². The fourth-order valence-electron chi connectivity index (χ4n) is 4.47. The Balaban J connectivity index is 1.85. The van der Waals surface area contributed by atoms with E-state index in [0.29, 0.717) is 22.0 Å². The summed E-state index contributed by atoms with van der Waals surface area (Å²) in [7, 11) is 0. The normalized spacial score (nSPS) is 14.7. The highest BCUT2D eigenvalue weighted by Crippen LogP contribution is 2.41. The molecule has 0 fully saturated rings. The zero-order valence-corrected chi connectivity index (χ0v) is 20.2. The first-order valence-corrected chi connectivity index (χ1v) is 11.9. The van der Waals surface area contributed by atoms with Gasteiger partial charge in [-0.25, -0.2) is 4.98 Å². The predicted octanol–water partition coefficient (Wildman–Crippen LogP) is 8.19. The fraction of sp³-hybridized carbons (Fsp3) is 0.435. The van der Waals surface area contributed by atoms with Gasteiger partial charge in [-0.2, -0.15) is 0 Å². The van der Waals surface area contributed by atoms with Crippen LogP contribution in [0.5, 0.6) is 5.75 Å². The molecule has 1 aromatic heterocycles. The average molecular weight is 531 g/mol. The van der Waals surface area contributed by atoms with Crippen LogP contribution in [0.15, 0.2) is 34.8 Å². The fourth-order valence-corrected chi connectivity index (χ4v) is 5.24. The molecule has 1 aliphatic heterocycles. The van der Waals surface area contributed by atoms with Crippen molar-refractivity contribution in [3.8, 4) is 5.75 Å². The maximum absolute atomic E-state index is 12.6. The van der Waals surface area contributed by atoms with Crippen molar-refractivity contribution in [1.82, 2.24) is 9.55 Å². The van der Waals surface area contributed by atoms with Gasteiger partial charge in [0, 0.05) is 17.6 Å². The number of aromatic nitrogens is 2. The Hall–Kier alpha value is -1.93. The van der Waals surface area contributed by atoms with Crippen LogP contribution in [0.3, 0.4) is 0 Å². The minimum Gasteiger partial charge on any atom is -0.406 e. The molecule has 0 bridgehead atoms. The summed E-state index contributed by atoms with van der Waals surface area (Å²) >= 11 is 10.00. The first kappa shape index (κ1) is 23.2. The van der Waals surface area contributed by atoms with Gasteiger partial charge < -0.3 is 14.2 Å². The number of hydrogen-bond acceptors (Lipinski definition) is 3. The van der Waals surface area contributed by atoms with E-state index in [1.165, 1.54) is 17.7 Å². The van der Waals surface area contributed by atoms with Crippen LogP contribution in [0.2, 0.25) is 5.02 Å². The molecule has 0 atom stereocenters. The first-order chi connectivity index (χ1) is 15.2. The summed E-state index contributed by atoms with van der Waals surface area (Å²) in [5.41, 5.74) is 3.80. The van der Waals surface area contributed by atoms with Gasteiger partial charge in [0.1, 0.15) is 11.3 Å². The van der Waals surface area contributed by atoms with Crippen molar-refractivity contribution in [1.29, 1.82) is 0 Å². The smallest absolute Gasteiger partial charge is 0.406 e. The lowest BCUT2D eigenvalue weighted by atomic mass is 9.93. The van der Waals surface area contributed by atoms with Gasteiger partial charge in [-0.05, 0) is 77.4 Å². The maximum Gasteiger partial charge on any atom is 0.573 e. The Bertz CT molecular complexity index is 1130. The van der Waals surface area contributed by atoms with Crippen LogP contribution in [-0.4, -0.2) is 22.5 Å². The Morgan fingerprint density at radius 2 is 1.84 bits per heavy atom. The second kappa shape index (κ2) is 9.14. The summed E-state index contributed by atoms with van der Waals surface area (Å²) in [4.78, 5) is 6.97.